The highest BCUT2D eigenvalue weighted by Crippen LogP contribution is 2.18. The molecule has 0 aromatic heterocycles. The molecular weight excluding hydrogens is 274 g/mol. The predicted octanol–water partition coefficient (Wildman–Crippen LogP) is 4.03. The molecule has 1 N–H and O–H groups in total. The Labute approximate surface area is 132 Å². The van der Waals surface area contributed by atoms with Crippen LogP contribution in [-0.4, -0.2) is 12.0 Å². The van der Waals surface area contributed by atoms with Crippen LogP contribution in [-0.2, 0) is 4.79 Å². The molecule has 0 aliphatic carbocycles. The van der Waals surface area contributed by atoms with Crippen molar-refractivity contribution in [3.05, 3.63) is 65.7 Å². The van der Waals surface area contributed by atoms with Gasteiger partial charge in [-0.1, -0.05) is 49.4 Å². The monoisotopic (exact) mass is 297 g/mol. The van der Waals surface area contributed by atoms with Crippen molar-refractivity contribution in [2.75, 3.05) is 0 Å². The topological polar surface area (TPSA) is 38.3 Å². The van der Waals surface area contributed by atoms with E-state index in [0.717, 1.165) is 23.3 Å². The van der Waals surface area contributed by atoms with Crippen molar-refractivity contribution in [1.29, 1.82) is 0 Å². The Balaban J connectivity index is 1.98. The second-order valence-electron chi connectivity index (χ2n) is 5.46. The molecule has 2 atom stereocenters. The van der Waals surface area contributed by atoms with Crippen LogP contribution in [0, 0.1) is 6.92 Å². The fraction of sp³-hybridized carbons (Fsp3) is 0.316. The van der Waals surface area contributed by atoms with Crippen molar-refractivity contribution in [2.45, 2.75) is 39.3 Å². The van der Waals surface area contributed by atoms with Crippen LogP contribution in [0.15, 0.2) is 54.6 Å². The van der Waals surface area contributed by atoms with E-state index in [4.69, 9.17) is 4.74 Å². The molecule has 0 aliphatic rings. The maximum atomic E-state index is 12.3. The van der Waals surface area contributed by atoms with Crippen LogP contribution >= 0.6 is 0 Å². The number of aryl methyl sites for hydroxylation is 1. The fourth-order valence-electron chi connectivity index (χ4n) is 2.34. The summed E-state index contributed by atoms with van der Waals surface area (Å²) in [6, 6.07) is 17.7. The van der Waals surface area contributed by atoms with Crippen molar-refractivity contribution >= 4 is 5.91 Å². The molecule has 0 saturated carbocycles. The second kappa shape index (κ2) is 7.64. The molecule has 2 aromatic rings. The van der Waals surface area contributed by atoms with Crippen molar-refractivity contribution in [2.24, 2.45) is 0 Å². The molecule has 2 rings (SSSR count). The van der Waals surface area contributed by atoms with Gasteiger partial charge in [-0.3, -0.25) is 4.79 Å². The van der Waals surface area contributed by atoms with Gasteiger partial charge in [0.05, 0.1) is 6.04 Å². The van der Waals surface area contributed by atoms with E-state index in [0.29, 0.717) is 0 Å². The van der Waals surface area contributed by atoms with Gasteiger partial charge in [0.15, 0.2) is 6.10 Å². The largest absolute Gasteiger partial charge is 0.481 e. The molecule has 0 spiro atoms. The summed E-state index contributed by atoms with van der Waals surface area (Å²) in [6.45, 7) is 5.83. The van der Waals surface area contributed by atoms with E-state index in [2.05, 4.69) is 12.2 Å². The molecule has 2 aromatic carbocycles. The predicted molar refractivity (Wildman–Crippen MR) is 88.9 cm³/mol. The SMILES string of the molecule is CC[C@@H](NC(=O)[C@H](C)Oc1cccc(C)c1)c1ccccc1. The van der Waals surface area contributed by atoms with E-state index in [9.17, 15) is 4.79 Å². The van der Waals surface area contributed by atoms with E-state index in [1.54, 1.807) is 6.92 Å². The summed E-state index contributed by atoms with van der Waals surface area (Å²) < 4.78 is 5.73. The third-order valence-electron chi connectivity index (χ3n) is 3.60. The molecule has 0 fully saturated rings. The van der Waals surface area contributed by atoms with E-state index in [-0.39, 0.29) is 11.9 Å². The highest BCUT2D eigenvalue weighted by molar-refractivity contribution is 5.81. The molecule has 22 heavy (non-hydrogen) atoms. The molecule has 116 valence electrons. The molecule has 1 amide bonds. The lowest BCUT2D eigenvalue weighted by Crippen LogP contribution is -2.38. The van der Waals surface area contributed by atoms with Gasteiger partial charge >= 0.3 is 0 Å². The fourth-order valence-corrected chi connectivity index (χ4v) is 2.34. The molecule has 0 aliphatic heterocycles. The van der Waals surface area contributed by atoms with Crippen molar-refractivity contribution in [3.63, 3.8) is 0 Å². The maximum Gasteiger partial charge on any atom is 0.261 e. The first-order valence-corrected chi connectivity index (χ1v) is 7.68. The van der Waals surface area contributed by atoms with Gasteiger partial charge in [-0.2, -0.15) is 0 Å². The number of carbonyl (C=O) groups excluding carboxylic acids is 1. The number of hydrogen-bond donors (Lipinski definition) is 1. The Morgan fingerprint density at radius 1 is 1.14 bits per heavy atom. The van der Waals surface area contributed by atoms with E-state index in [1.807, 2.05) is 61.5 Å². The molecule has 0 bridgehead atoms. The summed E-state index contributed by atoms with van der Waals surface area (Å²) in [4.78, 5) is 12.3. The van der Waals surface area contributed by atoms with Crippen LogP contribution < -0.4 is 10.1 Å². The minimum Gasteiger partial charge on any atom is -0.481 e. The summed E-state index contributed by atoms with van der Waals surface area (Å²) in [5.74, 6) is 0.618. The minimum absolute atomic E-state index is 0.0114. The average Bonchev–Trinajstić information content (AvgIpc) is 2.53. The average molecular weight is 297 g/mol. The Kier molecular flexibility index (Phi) is 5.59. The first-order chi connectivity index (χ1) is 10.6. The van der Waals surface area contributed by atoms with Gasteiger partial charge in [0, 0.05) is 0 Å². The van der Waals surface area contributed by atoms with E-state index < -0.39 is 6.10 Å². The van der Waals surface area contributed by atoms with Crippen molar-refractivity contribution in [3.8, 4) is 5.75 Å². The number of nitrogens with one attached hydrogen (secondary N) is 1. The second-order valence-corrected chi connectivity index (χ2v) is 5.46. The number of hydrogen-bond acceptors (Lipinski definition) is 2. The van der Waals surface area contributed by atoms with Crippen LogP contribution in [0.5, 0.6) is 5.75 Å². The Hall–Kier alpha value is -2.29. The third kappa shape index (κ3) is 4.35. The quantitative estimate of drug-likeness (QED) is 0.874. The van der Waals surface area contributed by atoms with Crippen LogP contribution in [0.1, 0.15) is 37.4 Å². The summed E-state index contributed by atoms with van der Waals surface area (Å²) in [7, 11) is 0. The third-order valence-corrected chi connectivity index (χ3v) is 3.60. The van der Waals surface area contributed by atoms with Crippen LogP contribution in [0.3, 0.4) is 0 Å². The lowest BCUT2D eigenvalue weighted by Gasteiger charge is -2.21. The molecule has 3 nitrogen and oxygen atoms in total. The number of benzene rings is 2. The minimum atomic E-state index is -0.528. The maximum absolute atomic E-state index is 12.3. The molecule has 0 heterocycles. The van der Waals surface area contributed by atoms with Crippen LogP contribution in [0.2, 0.25) is 0 Å². The number of rotatable bonds is 6. The number of carbonyl (C=O) groups is 1. The Morgan fingerprint density at radius 3 is 2.50 bits per heavy atom. The molecule has 0 radical (unpaired) electrons. The normalized spacial score (nSPS) is 13.2. The summed E-state index contributed by atoms with van der Waals surface area (Å²) >= 11 is 0. The number of ether oxygens (including phenoxy) is 1. The van der Waals surface area contributed by atoms with Crippen molar-refractivity contribution < 1.29 is 9.53 Å². The van der Waals surface area contributed by atoms with Gasteiger partial charge in [0.2, 0.25) is 0 Å². The lowest BCUT2D eigenvalue weighted by atomic mass is 10.0. The molecule has 0 unspecified atom stereocenters. The number of amides is 1. The van der Waals surface area contributed by atoms with Gasteiger partial charge in [-0.15, -0.1) is 0 Å². The van der Waals surface area contributed by atoms with Gasteiger partial charge in [-0.25, -0.2) is 0 Å². The summed E-state index contributed by atoms with van der Waals surface area (Å²) in [6.07, 6.45) is 0.312. The first kappa shape index (κ1) is 16.1. The van der Waals surface area contributed by atoms with Gasteiger partial charge in [-0.05, 0) is 43.5 Å². The lowest BCUT2D eigenvalue weighted by molar-refractivity contribution is -0.128. The highest BCUT2D eigenvalue weighted by atomic mass is 16.5. The van der Waals surface area contributed by atoms with Gasteiger partial charge in [0.25, 0.3) is 5.91 Å². The van der Waals surface area contributed by atoms with Crippen molar-refractivity contribution in [1.82, 2.24) is 5.32 Å². The Bertz CT molecular complexity index is 610. The van der Waals surface area contributed by atoms with Gasteiger partial charge in [0.1, 0.15) is 5.75 Å². The highest BCUT2D eigenvalue weighted by Gasteiger charge is 2.19. The van der Waals surface area contributed by atoms with Crippen LogP contribution in [0.25, 0.3) is 0 Å². The molecular formula is C19H23NO2. The van der Waals surface area contributed by atoms with E-state index >= 15 is 0 Å². The van der Waals surface area contributed by atoms with Gasteiger partial charge < -0.3 is 10.1 Å². The van der Waals surface area contributed by atoms with Crippen LogP contribution in [0.4, 0.5) is 0 Å². The summed E-state index contributed by atoms with van der Waals surface area (Å²) in [5, 5.41) is 3.05. The Morgan fingerprint density at radius 2 is 1.86 bits per heavy atom. The smallest absolute Gasteiger partial charge is 0.261 e. The molecule has 0 saturated heterocycles. The standard InChI is InChI=1S/C19H23NO2/c1-4-18(16-10-6-5-7-11-16)20-19(21)15(3)22-17-12-8-9-14(2)13-17/h5-13,15,18H,4H2,1-3H3,(H,20,21)/t15-,18+/m0/s1. The zero-order chi connectivity index (χ0) is 15.9. The summed E-state index contributed by atoms with van der Waals surface area (Å²) in [5.41, 5.74) is 2.22. The zero-order valence-electron chi connectivity index (χ0n) is 13.4. The molecule has 3 heteroatoms. The first-order valence-electron chi connectivity index (χ1n) is 7.68. The zero-order valence-corrected chi connectivity index (χ0v) is 13.4. The van der Waals surface area contributed by atoms with E-state index in [1.165, 1.54) is 0 Å².